The number of para-hydroxylation sites is 1. The molecule has 3 rings (SSSR count). The Bertz CT molecular complexity index is 1130. The number of nitrogens with zero attached hydrogens (tertiary/aromatic N) is 2. The van der Waals surface area contributed by atoms with Gasteiger partial charge in [0.05, 0.1) is 17.2 Å². The summed E-state index contributed by atoms with van der Waals surface area (Å²) in [5, 5.41) is 6.08. The molecule has 3 aromatic rings. The third-order valence-corrected chi connectivity index (χ3v) is 4.96. The third-order valence-electron chi connectivity index (χ3n) is 4.96. The molecule has 0 radical (unpaired) electrons. The van der Waals surface area contributed by atoms with Gasteiger partial charge in [0.2, 0.25) is 5.91 Å². The average molecular weight is 406 g/mol. The van der Waals surface area contributed by atoms with Crippen molar-refractivity contribution < 1.29 is 9.59 Å². The minimum absolute atomic E-state index is 0.144. The second-order valence-electron chi connectivity index (χ2n) is 7.33. The lowest BCUT2D eigenvalue weighted by Crippen LogP contribution is -2.28. The SMILES string of the molecule is CCCCNC(=O)c1ccc2c(=O)n(CC(=O)Nc3c(C)cccc3C)cnc2c1. The van der Waals surface area contributed by atoms with Crippen molar-refractivity contribution in [1.82, 2.24) is 14.9 Å². The molecule has 2 aromatic carbocycles. The molecule has 30 heavy (non-hydrogen) atoms. The van der Waals surface area contributed by atoms with E-state index in [-0.39, 0.29) is 23.9 Å². The maximum Gasteiger partial charge on any atom is 0.261 e. The molecule has 0 spiro atoms. The van der Waals surface area contributed by atoms with Crippen LogP contribution in [0.3, 0.4) is 0 Å². The Hall–Kier alpha value is -3.48. The van der Waals surface area contributed by atoms with Crippen molar-refractivity contribution in [3.8, 4) is 0 Å². The van der Waals surface area contributed by atoms with Gasteiger partial charge in [0.1, 0.15) is 6.54 Å². The van der Waals surface area contributed by atoms with Crippen LogP contribution >= 0.6 is 0 Å². The summed E-state index contributed by atoms with van der Waals surface area (Å²) in [6.45, 7) is 6.36. The van der Waals surface area contributed by atoms with E-state index in [2.05, 4.69) is 22.5 Å². The predicted octanol–water partition coefficient (Wildman–Crippen LogP) is 3.18. The van der Waals surface area contributed by atoms with Crippen LogP contribution in [-0.2, 0) is 11.3 Å². The molecule has 0 atom stereocenters. The van der Waals surface area contributed by atoms with E-state index in [1.807, 2.05) is 32.0 Å². The molecule has 7 heteroatoms. The van der Waals surface area contributed by atoms with Crippen molar-refractivity contribution in [3.63, 3.8) is 0 Å². The number of carbonyl (C=O) groups is 2. The zero-order valence-corrected chi connectivity index (χ0v) is 17.5. The predicted molar refractivity (Wildman–Crippen MR) is 118 cm³/mol. The molecule has 1 aromatic heterocycles. The van der Waals surface area contributed by atoms with Crippen LogP contribution in [0.25, 0.3) is 10.9 Å². The highest BCUT2D eigenvalue weighted by molar-refractivity contribution is 5.97. The van der Waals surface area contributed by atoms with Crippen LogP contribution in [0.4, 0.5) is 5.69 Å². The topological polar surface area (TPSA) is 93.1 Å². The molecule has 0 aliphatic heterocycles. The van der Waals surface area contributed by atoms with Crippen molar-refractivity contribution in [2.75, 3.05) is 11.9 Å². The van der Waals surface area contributed by atoms with Gasteiger partial charge in [-0.15, -0.1) is 0 Å². The molecule has 1 heterocycles. The van der Waals surface area contributed by atoms with Gasteiger partial charge in [-0.1, -0.05) is 31.5 Å². The summed E-state index contributed by atoms with van der Waals surface area (Å²) in [5.41, 5.74) is 3.22. The molecule has 0 saturated carbocycles. The molecule has 0 bridgehead atoms. The Morgan fingerprint density at radius 3 is 2.53 bits per heavy atom. The Morgan fingerprint density at radius 1 is 1.10 bits per heavy atom. The first-order valence-corrected chi connectivity index (χ1v) is 10.0. The molecule has 0 aliphatic rings. The molecule has 0 saturated heterocycles. The standard InChI is InChI=1S/C23H26N4O3/c1-4-5-11-24-22(29)17-9-10-18-19(12-17)25-14-27(23(18)30)13-20(28)26-21-15(2)7-6-8-16(21)3/h6-10,12,14H,4-5,11,13H2,1-3H3,(H,24,29)(H,26,28). The van der Waals surface area contributed by atoms with Gasteiger partial charge in [0.25, 0.3) is 11.5 Å². The van der Waals surface area contributed by atoms with Crippen LogP contribution in [0.2, 0.25) is 0 Å². The lowest BCUT2D eigenvalue weighted by molar-refractivity contribution is -0.116. The van der Waals surface area contributed by atoms with E-state index in [1.165, 1.54) is 10.9 Å². The molecule has 156 valence electrons. The largest absolute Gasteiger partial charge is 0.352 e. The zero-order chi connectivity index (χ0) is 21.7. The van der Waals surface area contributed by atoms with E-state index in [0.29, 0.717) is 23.0 Å². The van der Waals surface area contributed by atoms with Crippen molar-refractivity contribution in [2.24, 2.45) is 0 Å². The quantitative estimate of drug-likeness (QED) is 0.590. The number of anilines is 1. The summed E-state index contributed by atoms with van der Waals surface area (Å²) >= 11 is 0. The van der Waals surface area contributed by atoms with E-state index in [0.717, 1.165) is 29.7 Å². The first kappa shape index (κ1) is 21.2. The average Bonchev–Trinajstić information content (AvgIpc) is 2.73. The molecule has 7 nitrogen and oxygen atoms in total. The Balaban J connectivity index is 1.78. The summed E-state index contributed by atoms with van der Waals surface area (Å²) in [7, 11) is 0. The van der Waals surface area contributed by atoms with Crippen LogP contribution in [0, 0.1) is 13.8 Å². The second-order valence-corrected chi connectivity index (χ2v) is 7.33. The fourth-order valence-corrected chi connectivity index (χ4v) is 3.24. The minimum Gasteiger partial charge on any atom is -0.352 e. The summed E-state index contributed by atoms with van der Waals surface area (Å²) in [4.78, 5) is 41.8. The van der Waals surface area contributed by atoms with E-state index in [4.69, 9.17) is 0 Å². The highest BCUT2D eigenvalue weighted by Gasteiger charge is 2.12. The van der Waals surface area contributed by atoms with Gasteiger partial charge in [-0.05, 0) is 49.6 Å². The number of rotatable bonds is 7. The summed E-state index contributed by atoms with van der Waals surface area (Å²) < 4.78 is 1.27. The molecular formula is C23H26N4O3. The van der Waals surface area contributed by atoms with Gasteiger partial charge in [-0.25, -0.2) is 4.98 Å². The van der Waals surface area contributed by atoms with Gasteiger partial charge < -0.3 is 10.6 Å². The molecule has 2 N–H and O–H groups in total. The van der Waals surface area contributed by atoms with Crippen molar-refractivity contribution in [1.29, 1.82) is 0 Å². The second kappa shape index (κ2) is 9.35. The van der Waals surface area contributed by atoms with Crippen LogP contribution in [0.5, 0.6) is 0 Å². The number of carbonyl (C=O) groups excluding carboxylic acids is 2. The van der Waals surface area contributed by atoms with Gasteiger partial charge in [0, 0.05) is 17.8 Å². The smallest absolute Gasteiger partial charge is 0.261 e. The van der Waals surface area contributed by atoms with Crippen molar-refractivity contribution in [2.45, 2.75) is 40.2 Å². The highest BCUT2D eigenvalue weighted by atomic mass is 16.2. The third kappa shape index (κ3) is 4.74. The number of hydrogen-bond donors (Lipinski definition) is 2. The van der Waals surface area contributed by atoms with Crippen LogP contribution in [-0.4, -0.2) is 27.9 Å². The monoisotopic (exact) mass is 406 g/mol. The molecule has 0 unspecified atom stereocenters. The van der Waals surface area contributed by atoms with E-state index < -0.39 is 0 Å². The summed E-state index contributed by atoms with van der Waals surface area (Å²) in [6.07, 6.45) is 3.25. The van der Waals surface area contributed by atoms with Crippen molar-refractivity contribution in [3.05, 3.63) is 69.8 Å². The number of unbranched alkanes of at least 4 members (excludes halogenated alkanes) is 1. The fourth-order valence-electron chi connectivity index (χ4n) is 3.24. The lowest BCUT2D eigenvalue weighted by Gasteiger charge is -2.12. The number of nitrogens with one attached hydrogen (secondary N) is 2. The van der Waals surface area contributed by atoms with Gasteiger partial charge >= 0.3 is 0 Å². The van der Waals surface area contributed by atoms with Crippen molar-refractivity contribution >= 4 is 28.4 Å². The first-order chi connectivity index (χ1) is 14.4. The van der Waals surface area contributed by atoms with Crippen LogP contribution < -0.4 is 16.2 Å². The molecule has 0 fully saturated rings. The van der Waals surface area contributed by atoms with E-state index in [1.54, 1.807) is 18.2 Å². The number of hydrogen-bond acceptors (Lipinski definition) is 4. The summed E-state index contributed by atoms with van der Waals surface area (Å²) in [5.74, 6) is -0.494. The number of aromatic nitrogens is 2. The zero-order valence-electron chi connectivity index (χ0n) is 17.5. The summed E-state index contributed by atoms with van der Waals surface area (Å²) in [6, 6.07) is 10.5. The Kier molecular flexibility index (Phi) is 6.61. The van der Waals surface area contributed by atoms with Crippen LogP contribution in [0.15, 0.2) is 47.5 Å². The van der Waals surface area contributed by atoms with Crippen LogP contribution in [0.1, 0.15) is 41.3 Å². The molecular weight excluding hydrogens is 380 g/mol. The minimum atomic E-state index is -0.324. The maximum atomic E-state index is 12.8. The normalized spacial score (nSPS) is 10.8. The first-order valence-electron chi connectivity index (χ1n) is 10.0. The fraction of sp³-hybridized carbons (Fsp3) is 0.304. The highest BCUT2D eigenvalue weighted by Crippen LogP contribution is 2.19. The van der Waals surface area contributed by atoms with Gasteiger partial charge in [-0.2, -0.15) is 0 Å². The van der Waals surface area contributed by atoms with E-state index >= 15 is 0 Å². The number of benzene rings is 2. The Labute approximate surface area is 175 Å². The Morgan fingerprint density at radius 2 is 1.83 bits per heavy atom. The molecule has 0 aliphatic carbocycles. The maximum absolute atomic E-state index is 12.8. The van der Waals surface area contributed by atoms with Gasteiger partial charge in [-0.3, -0.25) is 19.0 Å². The van der Waals surface area contributed by atoms with E-state index in [9.17, 15) is 14.4 Å². The number of fused-ring (bicyclic) bond motifs is 1. The number of amides is 2. The number of aryl methyl sites for hydroxylation is 2. The molecule has 2 amide bonds. The van der Waals surface area contributed by atoms with Gasteiger partial charge in [0.15, 0.2) is 0 Å². The lowest BCUT2D eigenvalue weighted by atomic mass is 10.1.